The topological polar surface area (TPSA) is 76.8 Å². The molecule has 1 saturated heterocycles. The fourth-order valence-electron chi connectivity index (χ4n) is 3.20. The van der Waals surface area contributed by atoms with Gasteiger partial charge >= 0.3 is 6.09 Å². The van der Waals surface area contributed by atoms with E-state index in [4.69, 9.17) is 16.3 Å². The predicted molar refractivity (Wildman–Crippen MR) is 107 cm³/mol. The van der Waals surface area contributed by atoms with E-state index in [1.807, 2.05) is 13.8 Å². The Morgan fingerprint density at radius 3 is 2.89 bits per heavy atom. The van der Waals surface area contributed by atoms with Crippen LogP contribution < -0.4 is 10.3 Å². The van der Waals surface area contributed by atoms with E-state index >= 15 is 0 Å². The van der Waals surface area contributed by atoms with Gasteiger partial charge in [-0.1, -0.05) is 48.9 Å². The van der Waals surface area contributed by atoms with Crippen LogP contribution in [-0.4, -0.2) is 32.1 Å². The average Bonchev–Trinajstić information content (AvgIpc) is 3.30. The van der Waals surface area contributed by atoms with Crippen LogP contribution in [0.25, 0.3) is 4.96 Å². The zero-order valence-electron chi connectivity index (χ0n) is 15.5. The molecule has 1 aliphatic heterocycles. The van der Waals surface area contributed by atoms with Crippen molar-refractivity contribution in [3.63, 3.8) is 0 Å². The van der Waals surface area contributed by atoms with E-state index in [2.05, 4.69) is 10.1 Å². The number of rotatable bonds is 3. The van der Waals surface area contributed by atoms with Crippen LogP contribution in [0.3, 0.4) is 0 Å². The van der Waals surface area contributed by atoms with Crippen molar-refractivity contribution in [2.45, 2.75) is 38.6 Å². The number of likely N-dealkylation sites (tertiary alicyclic amines) is 1. The molecule has 3 aromatic rings. The molecule has 28 heavy (non-hydrogen) atoms. The minimum atomic E-state index is -0.474. The van der Waals surface area contributed by atoms with E-state index in [-0.39, 0.29) is 17.5 Å². The van der Waals surface area contributed by atoms with Crippen molar-refractivity contribution in [3.05, 3.63) is 56.4 Å². The van der Waals surface area contributed by atoms with Crippen molar-refractivity contribution in [1.82, 2.24) is 19.5 Å². The lowest BCUT2D eigenvalue weighted by Crippen LogP contribution is -2.33. The van der Waals surface area contributed by atoms with Crippen LogP contribution in [0.4, 0.5) is 4.79 Å². The normalized spacial score (nSPS) is 16.9. The highest BCUT2D eigenvalue weighted by Gasteiger charge is 2.34. The number of aromatic nitrogens is 3. The highest BCUT2D eigenvalue weighted by molar-refractivity contribution is 7.16. The first-order valence-electron chi connectivity index (χ1n) is 9.07. The van der Waals surface area contributed by atoms with Gasteiger partial charge in [-0.2, -0.15) is 9.61 Å². The van der Waals surface area contributed by atoms with Gasteiger partial charge in [0.1, 0.15) is 5.01 Å². The lowest BCUT2D eigenvalue weighted by atomic mass is 10.1. The summed E-state index contributed by atoms with van der Waals surface area (Å²) in [6.45, 7) is 4.54. The molecular weight excluding hydrogens is 400 g/mol. The Morgan fingerprint density at radius 1 is 1.36 bits per heavy atom. The summed E-state index contributed by atoms with van der Waals surface area (Å²) in [6.07, 6.45) is 1.11. The smallest absolute Gasteiger partial charge is 0.409 e. The zero-order valence-corrected chi connectivity index (χ0v) is 17.0. The Bertz CT molecular complexity index is 1090. The van der Waals surface area contributed by atoms with E-state index < -0.39 is 6.09 Å². The fraction of sp³-hybridized carbons (Fsp3) is 0.368. The van der Waals surface area contributed by atoms with Crippen LogP contribution >= 0.6 is 22.9 Å². The molecule has 4 rings (SSSR count). The van der Waals surface area contributed by atoms with E-state index in [0.717, 1.165) is 18.5 Å². The van der Waals surface area contributed by atoms with Gasteiger partial charge < -0.3 is 4.74 Å². The summed E-state index contributed by atoms with van der Waals surface area (Å²) in [5.74, 6) is 0.473. The van der Waals surface area contributed by atoms with Gasteiger partial charge in [0.15, 0.2) is 5.75 Å². The predicted octanol–water partition coefficient (Wildman–Crippen LogP) is 4.26. The summed E-state index contributed by atoms with van der Waals surface area (Å²) in [5, 5.41) is 5.49. The maximum absolute atomic E-state index is 12.7. The monoisotopic (exact) mass is 418 g/mol. The molecule has 0 N–H and O–H groups in total. The zero-order chi connectivity index (χ0) is 19.8. The highest BCUT2D eigenvalue weighted by Crippen LogP contribution is 2.35. The number of para-hydroxylation sites is 1. The van der Waals surface area contributed by atoms with Gasteiger partial charge in [-0.3, -0.25) is 9.69 Å². The molecular formula is C19H19ClN4O3S. The standard InChI is InChI=1S/C19H19ClN4O3S/c1-11(2)13-10-16(25)24-18(21-13)28-17(22-24)14-7-5-9-23(14)19(26)27-15-8-4-3-6-12(15)20/h3-4,6,8,10-11,14H,5,7,9H2,1-2H3/t14-/m1/s1. The summed E-state index contributed by atoms with van der Waals surface area (Å²) < 4.78 is 6.78. The van der Waals surface area contributed by atoms with Crippen LogP contribution in [-0.2, 0) is 0 Å². The second kappa shape index (κ2) is 7.52. The van der Waals surface area contributed by atoms with Crippen molar-refractivity contribution in [2.75, 3.05) is 6.54 Å². The minimum Gasteiger partial charge on any atom is -0.409 e. The number of fused-ring (bicyclic) bond motifs is 1. The van der Waals surface area contributed by atoms with Crippen LogP contribution in [0.1, 0.15) is 49.4 Å². The lowest BCUT2D eigenvalue weighted by Gasteiger charge is -2.22. The van der Waals surface area contributed by atoms with Crippen molar-refractivity contribution in [2.24, 2.45) is 0 Å². The first kappa shape index (κ1) is 18.9. The molecule has 7 nitrogen and oxygen atoms in total. The summed E-state index contributed by atoms with van der Waals surface area (Å²) in [5.41, 5.74) is 0.529. The number of halogens is 1. The van der Waals surface area contributed by atoms with E-state index in [1.165, 1.54) is 21.9 Å². The van der Waals surface area contributed by atoms with Gasteiger partial charge in [0, 0.05) is 12.6 Å². The number of carbonyl (C=O) groups excluding carboxylic acids is 1. The Kier molecular flexibility index (Phi) is 5.07. The highest BCUT2D eigenvalue weighted by atomic mass is 35.5. The third kappa shape index (κ3) is 3.49. The van der Waals surface area contributed by atoms with Crippen LogP contribution in [0.2, 0.25) is 5.02 Å². The molecule has 9 heteroatoms. The second-order valence-electron chi connectivity index (χ2n) is 6.96. The second-order valence-corrected chi connectivity index (χ2v) is 8.35. The molecule has 1 aliphatic rings. The molecule has 3 heterocycles. The van der Waals surface area contributed by atoms with Crippen molar-refractivity contribution >= 4 is 34.0 Å². The first-order chi connectivity index (χ1) is 13.4. The average molecular weight is 419 g/mol. The number of ether oxygens (including phenoxy) is 1. The number of nitrogens with zero attached hydrogens (tertiary/aromatic N) is 4. The largest absolute Gasteiger partial charge is 0.415 e. The number of benzene rings is 1. The molecule has 1 fully saturated rings. The lowest BCUT2D eigenvalue weighted by molar-refractivity contribution is 0.147. The van der Waals surface area contributed by atoms with Crippen molar-refractivity contribution < 1.29 is 9.53 Å². The maximum Gasteiger partial charge on any atom is 0.415 e. The fourth-order valence-corrected chi connectivity index (χ4v) is 4.43. The summed E-state index contributed by atoms with van der Waals surface area (Å²) in [6, 6.07) is 8.12. The number of hydrogen-bond donors (Lipinski definition) is 0. The molecule has 0 radical (unpaired) electrons. The molecule has 0 spiro atoms. The Hall–Kier alpha value is -2.45. The Labute approximate surface area is 170 Å². The SMILES string of the molecule is CC(C)c1cc(=O)n2nc([C@H]3CCCN3C(=O)Oc3ccccc3Cl)sc2n1. The minimum absolute atomic E-state index is 0.150. The van der Waals surface area contributed by atoms with Gasteiger partial charge in [0.25, 0.3) is 5.56 Å². The van der Waals surface area contributed by atoms with Gasteiger partial charge in [0.05, 0.1) is 16.8 Å². The molecule has 1 amide bonds. The van der Waals surface area contributed by atoms with Gasteiger partial charge in [0.2, 0.25) is 4.96 Å². The maximum atomic E-state index is 12.7. The molecule has 146 valence electrons. The Balaban J connectivity index is 1.63. The number of carbonyl (C=O) groups is 1. The summed E-state index contributed by atoms with van der Waals surface area (Å²) in [7, 11) is 0. The van der Waals surface area contributed by atoms with Gasteiger partial charge in [-0.25, -0.2) is 9.78 Å². The van der Waals surface area contributed by atoms with Crippen LogP contribution in [0.15, 0.2) is 35.1 Å². The number of hydrogen-bond acceptors (Lipinski definition) is 6. The molecule has 0 aliphatic carbocycles. The van der Waals surface area contributed by atoms with E-state index in [0.29, 0.717) is 27.3 Å². The van der Waals surface area contributed by atoms with Gasteiger partial charge in [-0.15, -0.1) is 0 Å². The number of amides is 1. The third-order valence-corrected chi connectivity index (χ3v) is 6.00. The molecule has 2 aromatic heterocycles. The van der Waals surface area contributed by atoms with E-state index in [9.17, 15) is 9.59 Å². The molecule has 1 aromatic carbocycles. The van der Waals surface area contributed by atoms with Crippen LogP contribution in [0.5, 0.6) is 5.75 Å². The Morgan fingerprint density at radius 2 is 2.14 bits per heavy atom. The molecule has 0 unspecified atom stereocenters. The van der Waals surface area contributed by atoms with Gasteiger partial charge in [-0.05, 0) is 30.9 Å². The molecule has 1 atom stereocenters. The summed E-state index contributed by atoms with van der Waals surface area (Å²) in [4.78, 5) is 31.8. The van der Waals surface area contributed by atoms with E-state index in [1.54, 1.807) is 29.2 Å². The van der Waals surface area contributed by atoms with Crippen molar-refractivity contribution in [1.29, 1.82) is 0 Å². The molecule has 0 bridgehead atoms. The quantitative estimate of drug-likeness (QED) is 0.635. The van der Waals surface area contributed by atoms with Crippen LogP contribution in [0, 0.1) is 0 Å². The molecule has 0 saturated carbocycles. The third-order valence-electron chi connectivity index (χ3n) is 4.68. The first-order valence-corrected chi connectivity index (χ1v) is 10.3. The van der Waals surface area contributed by atoms with Crippen molar-refractivity contribution in [3.8, 4) is 5.75 Å². The summed E-state index contributed by atoms with van der Waals surface area (Å²) >= 11 is 7.42.